The zero-order valence-electron chi connectivity index (χ0n) is 11.4. The largest absolute Gasteiger partial charge is 0.394 e. The Kier molecular flexibility index (Phi) is 5.86. The molecule has 0 saturated carbocycles. The lowest BCUT2D eigenvalue weighted by molar-refractivity contribution is -0.125. The van der Waals surface area contributed by atoms with Crippen molar-refractivity contribution >= 4 is 5.91 Å². The molecule has 0 fully saturated rings. The van der Waals surface area contributed by atoms with E-state index in [1.165, 1.54) is 0 Å². The molecule has 0 bridgehead atoms. The Morgan fingerprint density at radius 2 is 1.83 bits per heavy atom. The number of hydrogen-bond donors (Lipinski definition) is 2. The van der Waals surface area contributed by atoms with Crippen LogP contribution in [0.2, 0.25) is 0 Å². The molecule has 0 saturated heterocycles. The molecule has 1 aromatic carbocycles. The molecule has 0 spiro atoms. The molecule has 100 valence electrons. The van der Waals surface area contributed by atoms with E-state index in [4.69, 9.17) is 0 Å². The van der Waals surface area contributed by atoms with E-state index in [1.807, 2.05) is 51.1 Å². The summed E-state index contributed by atoms with van der Waals surface area (Å²) < 4.78 is 0. The van der Waals surface area contributed by atoms with Gasteiger partial charge in [0.05, 0.1) is 12.6 Å². The van der Waals surface area contributed by atoms with Crippen molar-refractivity contribution in [3.63, 3.8) is 0 Å². The predicted molar refractivity (Wildman–Crippen MR) is 73.2 cm³/mol. The third-order valence-electron chi connectivity index (χ3n) is 3.16. The van der Waals surface area contributed by atoms with E-state index in [0.29, 0.717) is 0 Å². The zero-order valence-corrected chi connectivity index (χ0v) is 11.4. The second-order valence-electron chi connectivity index (χ2n) is 5.13. The molecule has 2 atom stereocenters. The first-order valence-electron chi connectivity index (χ1n) is 6.49. The molecule has 3 nitrogen and oxygen atoms in total. The highest BCUT2D eigenvalue weighted by molar-refractivity contribution is 5.78. The number of nitrogens with one attached hydrogen (secondary N) is 1. The summed E-state index contributed by atoms with van der Waals surface area (Å²) in [4.78, 5) is 12.0. The molecule has 3 heteroatoms. The van der Waals surface area contributed by atoms with Gasteiger partial charge < -0.3 is 10.4 Å². The molecule has 0 unspecified atom stereocenters. The number of aliphatic hydroxyl groups excluding tert-OH is 1. The van der Waals surface area contributed by atoms with Crippen LogP contribution in [0, 0.1) is 11.8 Å². The van der Waals surface area contributed by atoms with Crippen molar-refractivity contribution in [3.05, 3.63) is 35.9 Å². The summed E-state index contributed by atoms with van der Waals surface area (Å²) in [7, 11) is 0. The van der Waals surface area contributed by atoms with Gasteiger partial charge in [-0.3, -0.25) is 4.79 Å². The van der Waals surface area contributed by atoms with E-state index < -0.39 is 0 Å². The van der Waals surface area contributed by atoms with Crippen LogP contribution in [0.3, 0.4) is 0 Å². The first-order chi connectivity index (χ1) is 8.54. The van der Waals surface area contributed by atoms with E-state index in [-0.39, 0.29) is 30.4 Å². The molecular weight excluding hydrogens is 226 g/mol. The summed E-state index contributed by atoms with van der Waals surface area (Å²) in [6, 6.07) is 9.81. The first-order valence-corrected chi connectivity index (χ1v) is 6.49. The van der Waals surface area contributed by atoms with Crippen molar-refractivity contribution in [1.29, 1.82) is 0 Å². The predicted octanol–water partition coefficient (Wildman–Crippen LogP) is 2.00. The summed E-state index contributed by atoms with van der Waals surface area (Å²) in [6.07, 6.45) is 0.725. The fourth-order valence-corrected chi connectivity index (χ4v) is 1.81. The van der Waals surface area contributed by atoms with E-state index in [2.05, 4.69) is 5.32 Å². The summed E-state index contributed by atoms with van der Waals surface area (Å²) >= 11 is 0. The SMILES string of the molecule is CC(C)[C@@H](CO)NC(=O)[C@@H](C)Cc1ccccc1. The van der Waals surface area contributed by atoms with E-state index in [0.717, 1.165) is 12.0 Å². The molecular formula is C15H23NO2. The van der Waals surface area contributed by atoms with Crippen molar-refractivity contribution < 1.29 is 9.90 Å². The molecule has 0 aromatic heterocycles. The van der Waals surface area contributed by atoms with Gasteiger partial charge in [-0.1, -0.05) is 51.1 Å². The maximum Gasteiger partial charge on any atom is 0.223 e. The lowest BCUT2D eigenvalue weighted by Crippen LogP contribution is -2.43. The van der Waals surface area contributed by atoms with Crippen LogP contribution in [0.1, 0.15) is 26.3 Å². The van der Waals surface area contributed by atoms with Gasteiger partial charge in [-0.15, -0.1) is 0 Å². The molecule has 0 heterocycles. The van der Waals surface area contributed by atoms with Gasteiger partial charge in [-0.2, -0.15) is 0 Å². The van der Waals surface area contributed by atoms with E-state index in [1.54, 1.807) is 0 Å². The number of carbonyl (C=O) groups is 1. The van der Waals surface area contributed by atoms with E-state index in [9.17, 15) is 9.90 Å². The van der Waals surface area contributed by atoms with Crippen LogP contribution in [0.5, 0.6) is 0 Å². The number of aliphatic hydroxyl groups is 1. The summed E-state index contributed by atoms with van der Waals surface area (Å²) in [5.74, 6) is 0.162. The lowest BCUT2D eigenvalue weighted by atomic mass is 9.98. The zero-order chi connectivity index (χ0) is 13.5. The highest BCUT2D eigenvalue weighted by atomic mass is 16.3. The van der Waals surface area contributed by atoms with Crippen LogP contribution in [0.15, 0.2) is 30.3 Å². The topological polar surface area (TPSA) is 49.3 Å². The van der Waals surface area contributed by atoms with Crippen LogP contribution in [-0.2, 0) is 11.2 Å². The van der Waals surface area contributed by atoms with Gasteiger partial charge in [-0.05, 0) is 17.9 Å². The van der Waals surface area contributed by atoms with Gasteiger partial charge in [0.25, 0.3) is 0 Å². The van der Waals surface area contributed by atoms with Crippen LogP contribution in [-0.4, -0.2) is 23.7 Å². The van der Waals surface area contributed by atoms with Gasteiger partial charge in [0.2, 0.25) is 5.91 Å². The molecule has 0 aliphatic carbocycles. The highest BCUT2D eigenvalue weighted by Crippen LogP contribution is 2.09. The Bertz CT molecular complexity index is 362. The van der Waals surface area contributed by atoms with Crippen molar-refractivity contribution in [3.8, 4) is 0 Å². The third-order valence-corrected chi connectivity index (χ3v) is 3.16. The van der Waals surface area contributed by atoms with Crippen LogP contribution in [0.25, 0.3) is 0 Å². The monoisotopic (exact) mass is 249 g/mol. The molecule has 1 aromatic rings. The van der Waals surface area contributed by atoms with Crippen molar-refractivity contribution in [2.75, 3.05) is 6.61 Å². The van der Waals surface area contributed by atoms with Gasteiger partial charge in [0, 0.05) is 5.92 Å². The lowest BCUT2D eigenvalue weighted by Gasteiger charge is -2.22. The Hall–Kier alpha value is -1.35. The van der Waals surface area contributed by atoms with Crippen LogP contribution >= 0.6 is 0 Å². The van der Waals surface area contributed by atoms with Gasteiger partial charge in [0.15, 0.2) is 0 Å². The Labute approximate surface area is 109 Å². The molecule has 0 aliphatic heterocycles. The fraction of sp³-hybridized carbons (Fsp3) is 0.533. The second-order valence-corrected chi connectivity index (χ2v) is 5.13. The van der Waals surface area contributed by atoms with Gasteiger partial charge >= 0.3 is 0 Å². The fourth-order valence-electron chi connectivity index (χ4n) is 1.81. The molecule has 18 heavy (non-hydrogen) atoms. The van der Waals surface area contributed by atoms with Crippen molar-refractivity contribution in [2.24, 2.45) is 11.8 Å². The third kappa shape index (κ3) is 4.49. The smallest absolute Gasteiger partial charge is 0.223 e. The Morgan fingerprint density at radius 3 is 2.33 bits per heavy atom. The normalized spacial score (nSPS) is 14.3. The number of benzene rings is 1. The molecule has 2 N–H and O–H groups in total. The van der Waals surface area contributed by atoms with Crippen molar-refractivity contribution in [1.82, 2.24) is 5.32 Å². The van der Waals surface area contributed by atoms with Gasteiger partial charge in [-0.25, -0.2) is 0 Å². The Balaban J connectivity index is 2.51. The van der Waals surface area contributed by atoms with E-state index >= 15 is 0 Å². The maximum absolute atomic E-state index is 12.0. The minimum absolute atomic E-state index is 0.00611. The number of hydrogen-bond acceptors (Lipinski definition) is 2. The van der Waals surface area contributed by atoms with Crippen molar-refractivity contribution in [2.45, 2.75) is 33.2 Å². The quantitative estimate of drug-likeness (QED) is 0.810. The highest BCUT2D eigenvalue weighted by Gasteiger charge is 2.19. The molecule has 0 radical (unpaired) electrons. The average Bonchev–Trinajstić information content (AvgIpc) is 2.36. The summed E-state index contributed by atoms with van der Waals surface area (Å²) in [5.41, 5.74) is 1.16. The Morgan fingerprint density at radius 1 is 1.22 bits per heavy atom. The van der Waals surface area contributed by atoms with Crippen LogP contribution < -0.4 is 5.32 Å². The maximum atomic E-state index is 12.0. The minimum Gasteiger partial charge on any atom is -0.394 e. The number of carbonyl (C=O) groups excluding carboxylic acids is 1. The molecule has 1 amide bonds. The molecule has 1 rings (SSSR count). The standard InChI is InChI=1S/C15H23NO2/c1-11(2)14(10-17)16-15(18)12(3)9-13-7-5-4-6-8-13/h4-8,11-12,14,17H,9-10H2,1-3H3,(H,16,18)/t12-,14+/m0/s1. The molecule has 0 aliphatic rings. The second kappa shape index (κ2) is 7.17. The van der Waals surface area contributed by atoms with Gasteiger partial charge in [0.1, 0.15) is 0 Å². The summed E-state index contributed by atoms with van der Waals surface area (Å²) in [6.45, 7) is 5.88. The summed E-state index contributed by atoms with van der Waals surface area (Å²) in [5, 5.41) is 12.1. The average molecular weight is 249 g/mol. The van der Waals surface area contributed by atoms with Crippen LogP contribution in [0.4, 0.5) is 0 Å². The minimum atomic E-state index is -0.157. The first kappa shape index (κ1) is 14.7. The number of rotatable bonds is 6. The number of amides is 1.